The zero-order chi connectivity index (χ0) is 19.6. The maximum absolute atomic E-state index is 13.6. The maximum Gasteiger partial charge on any atom is 0.348 e. The molecule has 0 aromatic heterocycles. The van der Waals surface area contributed by atoms with E-state index in [2.05, 4.69) is 0 Å². The van der Waals surface area contributed by atoms with Crippen molar-refractivity contribution in [2.45, 2.75) is 26.2 Å². The number of carbonyl (C=O) groups is 2. The van der Waals surface area contributed by atoms with E-state index in [-0.39, 0.29) is 17.9 Å². The predicted octanol–water partition coefficient (Wildman–Crippen LogP) is 3.76. The molecule has 0 unspecified atom stereocenters. The molecule has 0 aliphatic carbocycles. The summed E-state index contributed by atoms with van der Waals surface area (Å²) in [6.07, 6.45) is 1.34. The van der Waals surface area contributed by atoms with Gasteiger partial charge >= 0.3 is 11.9 Å². The number of rotatable bonds is 4. The summed E-state index contributed by atoms with van der Waals surface area (Å²) in [6.45, 7) is 2.89. The van der Waals surface area contributed by atoms with Gasteiger partial charge in [-0.05, 0) is 35.4 Å². The fourth-order valence-electron chi connectivity index (χ4n) is 2.47. The Morgan fingerprint density at radius 2 is 1.74 bits per heavy atom. The lowest BCUT2D eigenvalue weighted by molar-refractivity contribution is -0.222. The van der Waals surface area contributed by atoms with Crippen LogP contribution in [-0.2, 0) is 25.7 Å². The summed E-state index contributed by atoms with van der Waals surface area (Å²) in [5.41, 5.74) is 0.925. The van der Waals surface area contributed by atoms with Crippen LogP contribution in [0.4, 0.5) is 8.78 Å². The molecular weight excluding hydrogens is 358 g/mol. The third kappa shape index (κ3) is 4.49. The topological polar surface area (TPSA) is 61.8 Å². The molecule has 1 fully saturated rings. The molecule has 0 atom stereocenters. The summed E-state index contributed by atoms with van der Waals surface area (Å²) >= 11 is 0. The minimum absolute atomic E-state index is 0.0285. The van der Waals surface area contributed by atoms with Crippen molar-refractivity contribution in [2.24, 2.45) is 0 Å². The first kappa shape index (κ1) is 18.6. The Balaban J connectivity index is 1.77. The minimum atomic E-state index is -1.31. The average molecular weight is 374 g/mol. The number of esters is 2. The second kappa shape index (κ2) is 7.19. The molecule has 1 heterocycles. The van der Waals surface area contributed by atoms with Crippen molar-refractivity contribution >= 4 is 18.0 Å². The summed E-state index contributed by atoms with van der Waals surface area (Å²) < 4.78 is 42.2. The number of benzene rings is 2. The van der Waals surface area contributed by atoms with Crippen LogP contribution >= 0.6 is 0 Å². The second-order valence-electron chi connectivity index (χ2n) is 6.35. The van der Waals surface area contributed by atoms with Gasteiger partial charge in [0.15, 0.2) is 11.6 Å². The molecule has 0 spiro atoms. The van der Waals surface area contributed by atoms with Crippen molar-refractivity contribution in [3.8, 4) is 5.75 Å². The molecule has 1 aliphatic heterocycles. The average Bonchev–Trinajstić information content (AvgIpc) is 2.58. The highest BCUT2D eigenvalue weighted by atomic mass is 19.1. The Morgan fingerprint density at radius 1 is 1.04 bits per heavy atom. The Bertz CT molecular complexity index is 912. The van der Waals surface area contributed by atoms with Gasteiger partial charge in [-0.3, -0.25) is 0 Å². The van der Waals surface area contributed by atoms with Gasteiger partial charge in [0.05, 0.1) is 0 Å². The molecular formula is C20H16F2O5. The van der Waals surface area contributed by atoms with Gasteiger partial charge in [-0.25, -0.2) is 18.4 Å². The largest absolute Gasteiger partial charge is 0.486 e. The lowest BCUT2D eigenvalue weighted by Gasteiger charge is -2.29. The van der Waals surface area contributed by atoms with E-state index in [1.807, 2.05) is 0 Å². The molecule has 3 rings (SSSR count). The normalized spacial score (nSPS) is 15.8. The molecule has 0 bridgehead atoms. The lowest BCUT2D eigenvalue weighted by Crippen LogP contribution is -2.41. The van der Waals surface area contributed by atoms with Crippen molar-refractivity contribution in [1.29, 1.82) is 0 Å². The summed E-state index contributed by atoms with van der Waals surface area (Å²) in [6, 6.07) is 9.63. The van der Waals surface area contributed by atoms with E-state index in [0.29, 0.717) is 11.1 Å². The van der Waals surface area contributed by atoms with Crippen molar-refractivity contribution in [2.75, 3.05) is 0 Å². The Hall–Kier alpha value is -3.22. The van der Waals surface area contributed by atoms with Crippen molar-refractivity contribution in [3.63, 3.8) is 0 Å². The molecule has 0 radical (unpaired) electrons. The first-order valence-electron chi connectivity index (χ1n) is 8.09. The van der Waals surface area contributed by atoms with E-state index in [9.17, 15) is 18.4 Å². The number of carbonyl (C=O) groups excluding carboxylic acids is 2. The zero-order valence-electron chi connectivity index (χ0n) is 14.6. The van der Waals surface area contributed by atoms with Crippen LogP contribution in [0.15, 0.2) is 48.0 Å². The molecule has 1 saturated heterocycles. The first-order valence-corrected chi connectivity index (χ1v) is 8.09. The fourth-order valence-corrected chi connectivity index (χ4v) is 2.47. The SMILES string of the molecule is CC1(C)OC(=O)C(=Cc2cccc(COc3cc(F)ccc3F)c2)C(=O)O1. The molecule has 0 N–H and O–H groups in total. The van der Waals surface area contributed by atoms with E-state index < -0.39 is 29.4 Å². The predicted molar refractivity (Wildman–Crippen MR) is 91.4 cm³/mol. The van der Waals surface area contributed by atoms with Crippen molar-refractivity contribution < 1.29 is 32.6 Å². The zero-order valence-corrected chi connectivity index (χ0v) is 14.6. The molecule has 1 aliphatic rings. The second-order valence-corrected chi connectivity index (χ2v) is 6.35. The van der Waals surface area contributed by atoms with Gasteiger partial charge in [0.25, 0.3) is 5.79 Å². The van der Waals surface area contributed by atoms with E-state index in [0.717, 1.165) is 18.2 Å². The Labute approximate surface area is 154 Å². The summed E-state index contributed by atoms with van der Waals surface area (Å²) in [7, 11) is 0. The number of cyclic esters (lactones) is 2. The monoisotopic (exact) mass is 374 g/mol. The number of hydrogen-bond donors (Lipinski definition) is 0. The highest BCUT2D eigenvalue weighted by Crippen LogP contribution is 2.25. The van der Waals surface area contributed by atoms with Crippen LogP contribution in [-0.4, -0.2) is 17.7 Å². The summed E-state index contributed by atoms with van der Waals surface area (Å²) in [5, 5.41) is 0. The van der Waals surface area contributed by atoms with Crippen LogP contribution in [0.2, 0.25) is 0 Å². The van der Waals surface area contributed by atoms with Crippen LogP contribution in [0.25, 0.3) is 6.08 Å². The summed E-state index contributed by atoms with van der Waals surface area (Å²) in [5.74, 6) is -4.36. The highest BCUT2D eigenvalue weighted by Gasteiger charge is 2.38. The van der Waals surface area contributed by atoms with Gasteiger partial charge in [-0.1, -0.05) is 18.2 Å². The minimum Gasteiger partial charge on any atom is -0.486 e. The number of halogens is 2. The van der Waals surface area contributed by atoms with Crippen molar-refractivity contribution in [3.05, 3.63) is 70.8 Å². The quantitative estimate of drug-likeness (QED) is 0.463. The van der Waals surface area contributed by atoms with Gasteiger partial charge in [-0.15, -0.1) is 0 Å². The van der Waals surface area contributed by atoms with Crippen LogP contribution in [0.3, 0.4) is 0 Å². The van der Waals surface area contributed by atoms with E-state index in [1.54, 1.807) is 24.3 Å². The molecule has 0 saturated carbocycles. The van der Waals surface area contributed by atoms with Crippen LogP contribution in [0.5, 0.6) is 5.75 Å². The fraction of sp³-hybridized carbons (Fsp3) is 0.200. The summed E-state index contributed by atoms with van der Waals surface area (Å²) in [4.78, 5) is 24.0. The Kier molecular flexibility index (Phi) is 4.94. The molecule has 140 valence electrons. The number of ether oxygens (including phenoxy) is 3. The first-order chi connectivity index (χ1) is 12.7. The van der Waals surface area contributed by atoms with E-state index >= 15 is 0 Å². The van der Waals surface area contributed by atoms with Crippen molar-refractivity contribution in [1.82, 2.24) is 0 Å². The molecule has 2 aromatic rings. The van der Waals surface area contributed by atoms with E-state index in [4.69, 9.17) is 14.2 Å². The molecule has 27 heavy (non-hydrogen) atoms. The number of hydrogen-bond acceptors (Lipinski definition) is 5. The molecule has 0 amide bonds. The smallest absolute Gasteiger partial charge is 0.348 e. The van der Waals surface area contributed by atoms with Crippen LogP contribution in [0, 0.1) is 11.6 Å². The molecule has 2 aromatic carbocycles. The Morgan fingerprint density at radius 3 is 2.44 bits per heavy atom. The van der Waals surface area contributed by atoms with Gasteiger partial charge in [0.1, 0.15) is 18.0 Å². The van der Waals surface area contributed by atoms with Gasteiger partial charge in [0.2, 0.25) is 0 Å². The van der Waals surface area contributed by atoms with Gasteiger partial charge < -0.3 is 14.2 Å². The van der Waals surface area contributed by atoms with Gasteiger partial charge in [0, 0.05) is 19.9 Å². The van der Waals surface area contributed by atoms with Gasteiger partial charge in [-0.2, -0.15) is 0 Å². The molecule has 7 heteroatoms. The third-order valence-corrected chi connectivity index (χ3v) is 3.67. The van der Waals surface area contributed by atoms with E-state index in [1.165, 1.54) is 19.9 Å². The van der Waals surface area contributed by atoms with Crippen LogP contribution < -0.4 is 4.74 Å². The molecule has 5 nitrogen and oxygen atoms in total. The lowest BCUT2D eigenvalue weighted by atomic mass is 10.1. The van der Waals surface area contributed by atoms with Crippen LogP contribution in [0.1, 0.15) is 25.0 Å². The third-order valence-electron chi connectivity index (χ3n) is 3.67. The standard InChI is InChI=1S/C20H16F2O5/c1-20(2)26-18(23)15(19(24)27-20)9-12-4-3-5-13(8-12)11-25-17-10-14(21)6-7-16(17)22/h3-10H,11H2,1-2H3. The maximum atomic E-state index is 13.6. The highest BCUT2D eigenvalue weighted by molar-refractivity contribution is 6.18.